The maximum Gasteiger partial charge on any atom is 0.243 e. The Labute approximate surface area is 147 Å². The molecule has 0 fully saturated rings. The zero-order valence-corrected chi connectivity index (χ0v) is 15.0. The summed E-state index contributed by atoms with van der Waals surface area (Å²) < 4.78 is 2.23. The van der Waals surface area contributed by atoms with Gasteiger partial charge in [0.25, 0.3) is 0 Å². The summed E-state index contributed by atoms with van der Waals surface area (Å²) in [6.07, 6.45) is 3.51. The van der Waals surface area contributed by atoms with Crippen molar-refractivity contribution in [1.29, 1.82) is 0 Å². The standard InChI is InChI=1S/C20H25N3O2/c1-4-15-8-12-5-6-16-17-13(9-21-16)7-14(10-24)22-20(25)18(11(2)3)23(15)19(12)17/h5-6,8-9,11,14,18,21,24H,4,7,10H2,1-3H3,(H,22,25)/t14-,18-/m0/s1. The van der Waals surface area contributed by atoms with Gasteiger partial charge in [0.2, 0.25) is 5.91 Å². The second-order valence-electron chi connectivity index (χ2n) is 7.38. The van der Waals surface area contributed by atoms with E-state index in [1.54, 1.807) is 0 Å². The van der Waals surface area contributed by atoms with Gasteiger partial charge in [0, 0.05) is 28.2 Å². The molecule has 25 heavy (non-hydrogen) atoms. The molecule has 0 bridgehead atoms. The summed E-state index contributed by atoms with van der Waals surface area (Å²) in [7, 11) is 0. The van der Waals surface area contributed by atoms with Crippen LogP contribution in [0.4, 0.5) is 0 Å². The van der Waals surface area contributed by atoms with Crippen LogP contribution in [0.1, 0.15) is 38.1 Å². The lowest BCUT2D eigenvalue weighted by Crippen LogP contribution is -2.44. The van der Waals surface area contributed by atoms with Gasteiger partial charge in [-0.05, 0) is 36.5 Å². The molecule has 0 saturated heterocycles. The Kier molecular flexibility index (Phi) is 3.84. The van der Waals surface area contributed by atoms with E-state index in [1.165, 1.54) is 16.5 Å². The summed E-state index contributed by atoms with van der Waals surface area (Å²) in [5.41, 5.74) is 4.54. The van der Waals surface area contributed by atoms with Crippen molar-refractivity contribution in [2.45, 2.75) is 45.7 Å². The SMILES string of the molecule is CCc1cc2ccc3[nH]cc4c3c2n1[C@@H](C(C)C)C(=O)N[C@H](CO)C4. The van der Waals surface area contributed by atoms with Gasteiger partial charge in [-0.2, -0.15) is 0 Å². The molecule has 1 aromatic carbocycles. The Bertz CT molecular complexity index is 951. The molecule has 0 unspecified atom stereocenters. The van der Waals surface area contributed by atoms with Crippen molar-refractivity contribution >= 4 is 27.7 Å². The highest BCUT2D eigenvalue weighted by atomic mass is 16.3. The van der Waals surface area contributed by atoms with Gasteiger partial charge in [-0.25, -0.2) is 0 Å². The predicted molar refractivity (Wildman–Crippen MR) is 99.8 cm³/mol. The Morgan fingerprint density at radius 2 is 2.16 bits per heavy atom. The van der Waals surface area contributed by atoms with Crippen LogP contribution in [-0.2, 0) is 17.6 Å². The first-order chi connectivity index (χ1) is 12.0. The van der Waals surface area contributed by atoms with Crippen molar-refractivity contribution in [1.82, 2.24) is 14.9 Å². The summed E-state index contributed by atoms with van der Waals surface area (Å²) in [5.74, 6) is 0.142. The fraction of sp³-hybridized carbons (Fsp3) is 0.450. The van der Waals surface area contributed by atoms with E-state index < -0.39 is 0 Å². The summed E-state index contributed by atoms with van der Waals surface area (Å²) in [4.78, 5) is 16.4. The van der Waals surface area contributed by atoms with E-state index in [9.17, 15) is 9.90 Å². The minimum absolute atomic E-state index is 0.00705. The highest BCUT2D eigenvalue weighted by Crippen LogP contribution is 2.36. The molecule has 1 aliphatic rings. The molecule has 0 spiro atoms. The minimum atomic E-state index is -0.284. The third-order valence-electron chi connectivity index (χ3n) is 5.38. The van der Waals surface area contributed by atoms with Crippen LogP contribution in [0.25, 0.3) is 21.8 Å². The fourth-order valence-electron chi connectivity index (χ4n) is 4.24. The molecule has 132 valence electrons. The average molecular weight is 339 g/mol. The van der Waals surface area contributed by atoms with Gasteiger partial charge in [-0.15, -0.1) is 0 Å². The van der Waals surface area contributed by atoms with Crippen molar-refractivity contribution in [2.75, 3.05) is 6.61 Å². The molecular formula is C20H25N3O2. The third-order valence-corrected chi connectivity index (χ3v) is 5.38. The van der Waals surface area contributed by atoms with Crippen LogP contribution in [-0.4, -0.2) is 33.2 Å². The molecule has 1 aliphatic heterocycles. The number of aliphatic hydroxyl groups excluding tert-OH is 1. The van der Waals surface area contributed by atoms with Gasteiger partial charge in [-0.1, -0.05) is 26.8 Å². The fourth-order valence-corrected chi connectivity index (χ4v) is 4.24. The second kappa shape index (κ2) is 5.92. The number of aliphatic hydroxyl groups is 1. The Morgan fingerprint density at radius 3 is 2.84 bits per heavy atom. The molecule has 3 N–H and O–H groups in total. The number of aromatic amines is 1. The lowest BCUT2D eigenvalue weighted by molar-refractivity contribution is -0.126. The van der Waals surface area contributed by atoms with E-state index in [4.69, 9.17) is 0 Å². The summed E-state index contributed by atoms with van der Waals surface area (Å²) >= 11 is 0. The first kappa shape index (κ1) is 16.2. The molecule has 3 heterocycles. The van der Waals surface area contributed by atoms with Crippen LogP contribution in [0.15, 0.2) is 24.4 Å². The number of benzene rings is 1. The van der Waals surface area contributed by atoms with Crippen molar-refractivity contribution in [3.8, 4) is 0 Å². The maximum absolute atomic E-state index is 13.1. The number of aryl methyl sites for hydroxylation is 1. The van der Waals surface area contributed by atoms with E-state index >= 15 is 0 Å². The monoisotopic (exact) mass is 339 g/mol. The van der Waals surface area contributed by atoms with Gasteiger partial charge in [0.15, 0.2) is 0 Å². The number of nitrogens with zero attached hydrogens (tertiary/aromatic N) is 1. The number of hydrogen-bond acceptors (Lipinski definition) is 2. The molecule has 0 saturated carbocycles. The minimum Gasteiger partial charge on any atom is -0.394 e. The van der Waals surface area contributed by atoms with E-state index in [0.29, 0.717) is 6.42 Å². The van der Waals surface area contributed by atoms with Gasteiger partial charge in [0.1, 0.15) is 6.04 Å². The first-order valence-corrected chi connectivity index (χ1v) is 9.09. The first-order valence-electron chi connectivity index (χ1n) is 9.09. The van der Waals surface area contributed by atoms with Crippen LogP contribution in [0.5, 0.6) is 0 Å². The Hall–Kier alpha value is -2.27. The number of rotatable bonds is 3. The number of amides is 1. The zero-order chi connectivity index (χ0) is 17.7. The molecule has 1 amide bonds. The molecule has 0 radical (unpaired) electrons. The highest BCUT2D eigenvalue weighted by molar-refractivity contribution is 6.08. The number of carbonyl (C=O) groups is 1. The highest BCUT2D eigenvalue weighted by Gasteiger charge is 2.31. The van der Waals surface area contributed by atoms with E-state index in [1.807, 2.05) is 6.20 Å². The van der Waals surface area contributed by atoms with Crippen molar-refractivity contribution in [2.24, 2.45) is 5.92 Å². The number of carbonyl (C=O) groups excluding carboxylic acids is 1. The smallest absolute Gasteiger partial charge is 0.243 e. The molecule has 5 heteroatoms. The van der Waals surface area contributed by atoms with Crippen molar-refractivity contribution < 1.29 is 9.90 Å². The van der Waals surface area contributed by atoms with Crippen LogP contribution in [0, 0.1) is 5.92 Å². The summed E-state index contributed by atoms with van der Waals surface area (Å²) in [5, 5.41) is 15.2. The van der Waals surface area contributed by atoms with Crippen LogP contribution in [0.3, 0.4) is 0 Å². The maximum atomic E-state index is 13.1. The third kappa shape index (κ3) is 2.37. The predicted octanol–water partition coefficient (Wildman–Crippen LogP) is 2.92. The van der Waals surface area contributed by atoms with E-state index in [2.05, 4.69) is 53.8 Å². The molecule has 2 atom stereocenters. The number of hydrogen-bond donors (Lipinski definition) is 3. The van der Waals surface area contributed by atoms with Crippen molar-refractivity contribution in [3.05, 3.63) is 35.7 Å². The second-order valence-corrected chi connectivity index (χ2v) is 7.38. The summed E-state index contributed by atoms with van der Waals surface area (Å²) in [6, 6.07) is 5.89. The van der Waals surface area contributed by atoms with E-state index in [0.717, 1.165) is 23.0 Å². The Balaban J connectivity index is 2.13. The molecule has 0 aliphatic carbocycles. The number of aromatic nitrogens is 2. The van der Waals surface area contributed by atoms with Gasteiger partial charge >= 0.3 is 0 Å². The van der Waals surface area contributed by atoms with Gasteiger partial charge < -0.3 is 20.0 Å². The van der Waals surface area contributed by atoms with Gasteiger partial charge in [-0.3, -0.25) is 4.79 Å². The lowest BCUT2D eigenvalue weighted by atomic mass is 10.0. The Morgan fingerprint density at radius 1 is 1.36 bits per heavy atom. The lowest BCUT2D eigenvalue weighted by Gasteiger charge is -2.26. The molecule has 4 rings (SSSR count). The average Bonchev–Trinajstić information content (AvgIpc) is 3.15. The normalized spacial score (nSPS) is 20.9. The van der Waals surface area contributed by atoms with Crippen LogP contribution in [0.2, 0.25) is 0 Å². The van der Waals surface area contributed by atoms with E-state index in [-0.39, 0.29) is 30.5 Å². The molecule has 5 nitrogen and oxygen atoms in total. The number of nitrogens with one attached hydrogen (secondary N) is 2. The van der Waals surface area contributed by atoms with Gasteiger partial charge in [0.05, 0.1) is 18.2 Å². The van der Waals surface area contributed by atoms with Crippen LogP contribution < -0.4 is 5.32 Å². The summed E-state index contributed by atoms with van der Waals surface area (Å²) in [6.45, 7) is 6.24. The largest absolute Gasteiger partial charge is 0.394 e. The molecule has 3 aromatic rings. The zero-order valence-electron chi connectivity index (χ0n) is 15.0. The topological polar surface area (TPSA) is 70.0 Å². The van der Waals surface area contributed by atoms with Crippen molar-refractivity contribution in [3.63, 3.8) is 0 Å². The molecule has 2 aromatic heterocycles. The molecular weight excluding hydrogens is 314 g/mol. The number of H-pyrrole nitrogens is 1. The van der Waals surface area contributed by atoms with Crippen LogP contribution >= 0.6 is 0 Å². The quantitative estimate of drug-likeness (QED) is 0.687.